The number of azo groups is 1. The molecule has 1 aromatic heterocycles. The third-order valence-electron chi connectivity index (χ3n) is 5.43. The molecule has 0 spiro atoms. The molecule has 1 heterocycles. The number of nitrogens with zero attached hydrogens (tertiary/aromatic N) is 3. The first-order valence-electron chi connectivity index (χ1n) is 11.8. The van der Waals surface area contributed by atoms with Crippen LogP contribution in [0.1, 0.15) is 33.7 Å². The van der Waals surface area contributed by atoms with Crippen molar-refractivity contribution in [2.24, 2.45) is 16.1 Å². The summed E-state index contributed by atoms with van der Waals surface area (Å²) in [6, 6.07) is 2.36. The number of rotatable bonds is 9. The summed E-state index contributed by atoms with van der Waals surface area (Å²) < 4.78 is 54.2. The molecular formula is C25H29F3N4O6S. The molecule has 3 rings (SSSR count). The zero-order chi connectivity index (χ0) is 28.9. The van der Waals surface area contributed by atoms with Gasteiger partial charge < -0.3 is 39.4 Å². The van der Waals surface area contributed by atoms with Crippen LogP contribution in [0, 0.1) is 5.92 Å². The first kappa shape index (κ1) is 30.2. The summed E-state index contributed by atoms with van der Waals surface area (Å²) >= 11 is 5.24. The van der Waals surface area contributed by atoms with E-state index >= 15 is 0 Å². The molecule has 1 aromatic carbocycles. The fourth-order valence-corrected chi connectivity index (χ4v) is 4.00. The van der Waals surface area contributed by atoms with Crippen molar-refractivity contribution in [1.82, 2.24) is 9.88 Å². The molecule has 4 N–H and O–H groups in total. The van der Waals surface area contributed by atoms with E-state index < -0.39 is 42.9 Å². The second kappa shape index (κ2) is 12.7. The van der Waals surface area contributed by atoms with E-state index in [1.807, 2.05) is 31.2 Å². The fourth-order valence-electron chi connectivity index (χ4n) is 3.84. The van der Waals surface area contributed by atoms with E-state index in [0.717, 1.165) is 12.1 Å². The van der Waals surface area contributed by atoms with Crippen molar-refractivity contribution in [3.63, 3.8) is 0 Å². The van der Waals surface area contributed by atoms with Crippen LogP contribution >= 0.6 is 12.2 Å². The van der Waals surface area contributed by atoms with Crippen molar-refractivity contribution >= 4 is 33.9 Å². The van der Waals surface area contributed by atoms with Crippen LogP contribution in [0.3, 0.4) is 0 Å². The second-order valence-electron chi connectivity index (χ2n) is 8.69. The quantitative estimate of drug-likeness (QED) is 0.178. The van der Waals surface area contributed by atoms with Crippen LogP contribution in [-0.4, -0.2) is 50.2 Å². The Bertz CT molecular complexity index is 1300. The van der Waals surface area contributed by atoms with Crippen LogP contribution in [0.25, 0.3) is 10.9 Å². The highest BCUT2D eigenvalue weighted by Gasteiger charge is 2.32. The van der Waals surface area contributed by atoms with E-state index in [2.05, 4.69) is 20.3 Å². The van der Waals surface area contributed by atoms with Crippen molar-refractivity contribution < 1.29 is 42.7 Å². The molecule has 0 saturated carbocycles. The molecule has 1 aliphatic carbocycles. The Labute approximate surface area is 227 Å². The number of benzene rings is 1. The number of hydrogen-bond donors (Lipinski definition) is 4. The Morgan fingerprint density at radius 1 is 1.15 bits per heavy atom. The maximum Gasteiger partial charge on any atom is 0.573 e. The number of nitrogens with one attached hydrogen (secondary N) is 1. The first-order chi connectivity index (χ1) is 18.2. The Kier molecular flexibility index (Phi) is 9.85. The molecular weight excluding hydrogens is 541 g/mol. The lowest BCUT2D eigenvalue weighted by Gasteiger charge is -2.26. The number of thiocarbonyl (C=S) groups is 1. The minimum atomic E-state index is -4.95. The van der Waals surface area contributed by atoms with E-state index in [9.17, 15) is 28.5 Å². The molecule has 5 atom stereocenters. The SMILES string of the molecule is CC1C=CC=CC(NC(=S)N=Nc2c(O)n(C(C)C(O)OC(C)OC(C)O)c3ccc(OC(F)(F)F)cc23)=C1. The first-order valence-corrected chi connectivity index (χ1v) is 12.2. The number of alkyl halides is 3. The molecule has 5 unspecified atom stereocenters. The van der Waals surface area contributed by atoms with Gasteiger partial charge in [-0.25, -0.2) is 0 Å². The van der Waals surface area contributed by atoms with E-state index in [1.54, 1.807) is 6.08 Å². The third kappa shape index (κ3) is 8.34. The van der Waals surface area contributed by atoms with Gasteiger partial charge in [-0.15, -0.1) is 23.4 Å². The Balaban J connectivity index is 1.98. The van der Waals surface area contributed by atoms with Crippen molar-refractivity contribution in [2.75, 3.05) is 0 Å². The number of hydrogen-bond acceptors (Lipinski definition) is 8. The fraction of sp³-hybridized carbons (Fsp3) is 0.400. The lowest BCUT2D eigenvalue weighted by atomic mass is 10.1. The van der Waals surface area contributed by atoms with E-state index in [1.165, 1.54) is 31.4 Å². The van der Waals surface area contributed by atoms with Gasteiger partial charge in [-0.3, -0.25) is 0 Å². The number of aliphatic hydroxyl groups is 2. The number of aliphatic hydroxyl groups excluding tert-OH is 2. The van der Waals surface area contributed by atoms with Gasteiger partial charge in [0, 0.05) is 11.1 Å². The van der Waals surface area contributed by atoms with E-state index in [0.29, 0.717) is 5.70 Å². The largest absolute Gasteiger partial charge is 0.573 e. The number of aromatic hydroxyl groups is 1. The summed E-state index contributed by atoms with van der Waals surface area (Å²) in [5, 5.41) is 41.8. The molecule has 0 fully saturated rings. The second-order valence-corrected chi connectivity index (χ2v) is 9.08. The van der Waals surface area contributed by atoms with Gasteiger partial charge >= 0.3 is 6.36 Å². The van der Waals surface area contributed by atoms with E-state index in [-0.39, 0.29) is 27.6 Å². The van der Waals surface area contributed by atoms with Gasteiger partial charge in [0.05, 0.1) is 11.6 Å². The molecule has 10 nitrogen and oxygen atoms in total. The summed E-state index contributed by atoms with van der Waals surface area (Å²) in [5.41, 5.74) is 0.643. The zero-order valence-corrected chi connectivity index (χ0v) is 22.3. The summed E-state index contributed by atoms with van der Waals surface area (Å²) in [4.78, 5) is 0. The van der Waals surface area contributed by atoms with Gasteiger partial charge in [-0.1, -0.05) is 31.2 Å². The van der Waals surface area contributed by atoms with Crippen molar-refractivity contribution in [3.05, 3.63) is 54.3 Å². The number of allylic oxidation sites excluding steroid dienone is 5. The minimum absolute atomic E-state index is 0.0412. The van der Waals surface area contributed by atoms with Crippen molar-refractivity contribution in [3.8, 4) is 11.6 Å². The van der Waals surface area contributed by atoms with Crippen LogP contribution in [0.2, 0.25) is 0 Å². The molecule has 0 amide bonds. The number of fused-ring (bicyclic) bond motifs is 1. The van der Waals surface area contributed by atoms with Crippen LogP contribution < -0.4 is 10.1 Å². The molecule has 0 radical (unpaired) electrons. The van der Waals surface area contributed by atoms with Gasteiger partial charge in [0.25, 0.3) is 0 Å². The van der Waals surface area contributed by atoms with Gasteiger partial charge in [-0.2, -0.15) is 0 Å². The van der Waals surface area contributed by atoms with Crippen LogP contribution in [0.5, 0.6) is 11.6 Å². The van der Waals surface area contributed by atoms with Gasteiger partial charge in [0.15, 0.2) is 24.6 Å². The average Bonchev–Trinajstić information content (AvgIpc) is 2.92. The van der Waals surface area contributed by atoms with Gasteiger partial charge in [0.2, 0.25) is 11.0 Å². The summed E-state index contributed by atoms with van der Waals surface area (Å²) in [5.74, 6) is -0.950. The third-order valence-corrected chi connectivity index (χ3v) is 5.62. The molecule has 39 heavy (non-hydrogen) atoms. The Hall–Kier alpha value is -3.30. The summed E-state index contributed by atoms with van der Waals surface area (Å²) in [6.45, 7) is 6.27. The van der Waals surface area contributed by atoms with Crippen LogP contribution in [-0.2, 0) is 9.47 Å². The smallest absolute Gasteiger partial charge is 0.493 e. The van der Waals surface area contributed by atoms with Crippen molar-refractivity contribution in [2.45, 2.75) is 59.0 Å². The topological polar surface area (TPSA) is 130 Å². The Morgan fingerprint density at radius 2 is 1.87 bits per heavy atom. The summed E-state index contributed by atoms with van der Waals surface area (Å²) in [7, 11) is 0. The highest BCUT2D eigenvalue weighted by molar-refractivity contribution is 7.80. The van der Waals surface area contributed by atoms with E-state index in [4.69, 9.17) is 21.7 Å². The Morgan fingerprint density at radius 3 is 2.54 bits per heavy atom. The minimum Gasteiger partial charge on any atom is -0.493 e. The highest BCUT2D eigenvalue weighted by Crippen LogP contribution is 2.43. The standard InChI is InChI=1S/C25H29F3N4O6S/c1-13-7-5-6-8-17(11-13)29-24(39)31-30-21-19-12-18(38-25(26,27)28)9-10-20(19)32(22(21)34)14(2)23(35)37-16(4)36-15(3)33/h5-16,23,33-35H,1-4H3,(H,29,39). The average molecular weight is 571 g/mol. The van der Waals surface area contributed by atoms with Crippen molar-refractivity contribution in [1.29, 1.82) is 0 Å². The molecule has 212 valence electrons. The molecule has 0 bridgehead atoms. The summed E-state index contributed by atoms with van der Waals surface area (Å²) in [6.07, 6.45) is 0.636. The molecule has 0 saturated heterocycles. The normalized spacial score (nSPS) is 19.0. The van der Waals surface area contributed by atoms with Crippen LogP contribution in [0.15, 0.2) is 64.5 Å². The number of halogens is 3. The predicted molar refractivity (Wildman–Crippen MR) is 140 cm³/mol. The highest BCUT2D eigenvalue weighted by atomic mass is 32.1. The monoisotopic (exact) mass is 570 g/mol. The van der Waals surface area contributed by atoms with Crippen LogP contribution in [0.4, 0.5) is 18.9 Å². The number of ether oxygens (including phenoxy) is 3. The molecule has 14 heteroatoms. The maximum absolute atomic E-state index is 12.9. The predicted octanol–water partition coefficient (Wildman–Crippen LogP) is 5.45. The molecule has 1 aliphatic rings. The van der Waals surface area contributed by atoms with Gasteiger partial charge in [-0.05, 0) is 63.2 Å². The maximum atomic E-state index is 12.9. The zero-order valence-electron chi connectivity index (χ0n) is 21.5. The molecule has 0 aliphatic heterocycles. The lowest BCUT2D eigenvalue weighted by Crippen LogP contribution is -2.31. The molecule has 2 aromatic rings. The lowest BCUT2D eigenvalue weighted by molar-refractivity contribution is -0.274. The van der Waals surface area contributed by atoms with Gasteiger partial charge in [0.1, 0.15) is 5.75 Å². The number of aromatic nitrogens is 1.